The molecule has 27 heavy (non-hydrogen) atoms. The molecule has 1 saturated heterocycles. The van der Waals surface area contributed by atoms with Crippen LogP contribution >= 0.6 is 24.0 Å². The normalized spacial score (nSPS) is 18.4. The molecule has 0 radical (unpaired) electrons. The molecule has 1 aliphatic rings. The van der Waals surface area contributed by atoms with Crippen molar-refractivity contribution >= 4 is 39.8 Å². The van der Waals surface area contributed by atoms with Crippen LogP contribution in [0.15, 0.2) is 23.2 Å². The molecule has 1 fully saturated rings. The van der Waals surface area contributed by atoms with Gasteiger partial charge in [0.05, 0.1) is 31.3 Å². The fourth-order valence-electron chi connectivity index (χ4n) is 2.90. The van der Waals surface area contributed by atoms with E-state index in [0.29, 0.717) is 37.7 Å². The molecule has 0 aromatic heterocycles. The van der Waals surface area contributed by atoms with Crippen molar-refractivity contribution < 1.29 is 17.9 Å². The number of benzene rings is 1. The fourth-order valence-corrected chi connectivity index (χ4v) is 4.26. The molecule has 7 nitrogen and oxygen atoms in total. The topological polar surface area (TPSA) is 80.2 Å². The van der Waals surface area contributed by atoms with E-state index in [1.807, 2.05) is 30.0 Å². The highest BCUT2D eigenvalue weighted by atomic mass is 127. The van der Waals surface area contributed by atoms with Gasteiger partial charge in [0, 0.05) is 19.6 Å². The van der Waals surface area contributed by atoms with Crippen LogP contribution in [-0.2, 0) is 16.4 Å². The second-order valence-electron chi connectivity index (χ2n) is 6.86. The van der Waals surface area contributed by atoms with Crippen molar-refractivity contribution in [2.75, 3.05) is 39.6 Å². The van der Waals surface area contributed by atoms with Crippen molar-refractivity contribution in [3.8, 4) is 11.5 Å². The molecule has 0 unspecified atom stereocenters. The van der Waals surface area contributed by atoms with E-state index >= 15 is 0 Å². The number of nitrogens with one attached hydrogen (secondary N) is 1. The summed E-state index contributed by atoms with van der Waals surface area (Å²) in [5, 5.41) is 3.26. The van der Waals surface area contributed by atoms with Gasteiger partial charge in [-0.25, -0.2) is 13.4 Å². The van der Waals surface area contributed by atoms with Gasteiger partial charge in [0.1, 0.15) is 0 Å². The van der Waals surface area contributed by atoms with Crippen molar-refractivity contribution in [1.82, 2.24) is 10.2 Å². The Morgan fingerprint density at radius 3 is 2.48 bits per heavy atom. The van der Waals surface area contributed by atoms with Crippen molar-refractivity contribution in [3.63, 3.8) is 0 Å². The third kappa shape index (κ3) is 5.63. The Morgan fingerprint density at radius 1 is 1.26 bits per heavy atom. The molecular weight excluding hydrogens is 481 g/mol. The van der Waals surface area contributed by atoms with Crippen LogP contribution in [0.4, 0.5) is 0 Å². The van der Waals surface area contributed by atoms with E-state index in [2.05, 4.69) is 5.32 Å². The summed E-state index contributed by atoms with van der Waals surface area (Å²) >= 11 is 0. The van der Waals surface area contributed by atoms with Gasteiger partial charge in [0.2, 0.25) is 0 Å². The monoisotopic (exact) mass is 511 g/mol. The molecule has 1 aromatic rings. The lowest BCUT2D eigenvalue weighted by molar-refractivity contribution is 0.352. The molecule has 0 spiro atoms. The summed E-state index contributed by atoms with van der Waals surface area (Å²) in [6, 6.07) is 5.70. The standard InChI is InChI=1S/C18H29N3O4S.HI/c1-6-19-17(21-9-10-26(22,23)18(2,3)13-21)20-12-14-7-8-15(24-4)16(11-14)25-5;/h7-8,11H,6,9-10,12-13H2,1-5H3,(H,19,20);1H. The van der Waals surface area contributed by atoms with Crippen LogP contribution in [0.5, 0.6) is 11.5 Å². The molecular formula is C18H30IN3O4S. The average molecular weight is 511 g/mol. The second kappa shape index (κ2) is 9.81. The number of methoxy groups -OCH3 is 2. The number of hydrogen-bond acceptors (Lipinski definition) is 5. The number of ether oxygens (including phenoxy) is 2. The van der Waals surface area contributed by atoms with Crippen molar-refractivity contribution in [3.05, 3.63) is 23.8 Å². The largest absolute Gasteiger partial charge is 0.493 e. The number of rotatable bonds is 5. The first kappa shape index (κ1) is 23.8. The van der Waals surface area contributed by atoms with Gasteiger partial charge in [-0.1, -0.05) is 6.07 Å². The van der Waals surface area contributed by atoms with Gasteiger partial charge in [-0.15, -0.1) is 24.0 Å². The lowest BCUT2D eigenvalue weighted by Crippen LogP contribution is -2.57. The van der Waals surface area contributed by atoms with Crippen LogP contribution in [0.25, 0.3) is 0 Å². The van der Waals surface area contributed by atoms with Gasteiger partial charge >= 0.3 is 0 Å². The lowest BCUT2D eigenvalue weighted by Gasteiger charge is -2.39. The highest BCUT2D eigenvalue weighted by Gasteiger charge is 2.40. The van der Waals surface area contributed by atoms with Crippen LogP contribution in [0.1, 0.15) is 26.3 Å². The number of halogens is 1. The Labute approximate surface area is 179 Å². The molecule has 1 N–H and O–H groups in total. The molecule has 9 heteroatoms. The minimum Gasteiger partial charge on any atom is -0.493 e. The lowest BCUT2D eigenvalue weighted by atomic mass is 10.2. The predicted molar refractivity (Wildman–Crippen MR) is 119 cm³/mol. The molecule has 1 heterocycles. The Kier molecular flexibility index (Phi) is 8.65. The van der Waals surface area contributed by atoms with E-state index < -0.39 is 14.6 Å². The fraction of sp³-hybridized carbons (Fsp3) is 0.611. The molecule has 1 aromatic carbocycles. The van der Waals surface area contributed by atoms with Gasteiger partial charge in [-0.05, 0) is 38.5 Å². The third-order valence-corrected chi connectivity index (χ3v) is 7.07. The van der Waals surface area contributed by atoms with Crippen molar-refractivity contribution in [1.29, 1.82) is 0 Å². The summed E-state index contributed by atoms with van der Waals surface area (Å²) < 4.78 is 34.3. The molecule has 0 amide bonds. The van der Waals surface area contributed by atoms with E-state index in [1.54, 1.807) is 28.1 Å². The van der Waals surface area contributed by atoms with Gasteiger partial charge in [-0.3, -0.25) is 0 Å². The van der Waals surface area contributed by atoms with Gasteiger partial charge < -0.3 is 19.7 Å². The minimum absolute atomic E-state index is 0. The van der Waals surface area contributed by atoms with Crippen LogP contribution in [-0.4, -0.2) is 63.6 Å². The SMILES string of the molecule is CCNC(=NCc1ccc(OC)c(OC)c1)N1CCS(=O)(=O)C(C)(C)C1.I. The molecule has 154 valence electrons. The second-order valence-corrected chi connectivity index (χ2v) is 9.60. The van der Waals surface area contributed by atoms with E-state index in [9.17, 15) is 8.42 Å². The minimum atomic E-state index is -3.08. The smallest absolute Gasteiger partial charge is 0.194 e. The summed E-state index contributed by atoms with van der Waals surface area (Å²) in [6.45, 7) is 7.59. The number of hydrogen-bond donors (Lipinski definition) is 1. The highest BCUT2D eigenvalue weighted by Crippen LogP contribution is 2.28. The Hall–Kier alpha value is -1.23. The Balaban J connectivity index is 0.00000364. The molecule has 2 rings (SSSR count). The average Bonchev–Trinajstić information content (AvgIpc) is 2.60. The first-order valence-electron chi connectivity index (χ1n) is 8.70. The van der Waals surface area contributed by atoms with E-state index in [1.165, 1.54) is 0 Å². The number of guanidine groups is 1. The number of sulfone groups is 1. The van der Waals surface area contributed by atoms with E-state index in [-0.39, 0.29) is 29.7 Å². The van der Waals surface area contributed by atoms with Gasteiger partial charge in [-0.2, -0.15) is 0 Å². The van der Waals surface area contributed by atoms with Crippen LogP contribution in [0.2, 0.25) is 0 Å². The van der Waals surface area contributed by atoms with Gasteiger partial charge in [0.15, 0.2) is 27.3 Å². The van der Waals surface area contributed by atoms with E-state index in [0.717, 1.165) is 11.5 Å². The summed E-state index contributed by atoms with van der Waals surface area (Å²) in [7, 11) is 0.124. The molecule has 0 aliphatic carbocycles. The summed E-state index contributed by atoms with van der Waals surface area (Å²) in [5.74, 6) is 2.21. The Bertz CT molecular complexity index is 766. The summed E-state index contributed by atoms with van der Waals surface area (Å²) in [6.07, 6.45) is 0. The molecule has 0 saturated carbocycles. The maximum absolute atomic E-state index is 12.2. The first-order valence-corrected chi connectivity index (χ1v) is 10.4. The zero-order valence-electron chi connectivity index (χ0n) is 16.6. The molecule has 0 atom stereocenters. The van der Waals surface area contributed by atoms with Crippen LogP contribution in [0, 0.1) is 0 Å². The highest BCUT2D eigenvalue weighted by molar-refractivity contribution is 14.0. The summed E-state index contributed by atoms with van der Waals surface area (Å²) in [5.41, 5.74) is 0.988. The Morgan fingerprint density at radius 2 is 1.93 bits per heavy atom. The molecule has 0 bridgehead atoms. The first-order chi connectivity index (χ1) is 12.2. The van der Waals surface area contributed by atoms with Crippen LogP contribution in [0.3, 0.4) is 0 Å². The number of nitrogens with zero attached hydrogens (tertiary/aromatic N) is 2. The van der Waals surface area contributed by atoms with Gasteiger partial charge in [0.25, 0.3) is 0 Å². The van der Waals surface area contributed by atoms with Crippen LogP contribution < -0.4 is 14.8 Å². The van der Waals surface area contributed by atoms with Crippen molar-refractivity contribution in [2.24, 2.45) is 4.99 Å². The maximum Gasteiger partial charge on any atom is 0.194 e. The maximum atomic E-state index is 12.2. The molecule has 1 aliphatic heterocycles. The zero-order valence-corrected chi connectivity index (χ0v) is 19.8. The number of aliphatic imine (C=N–C) groups is 1. The zero-order chi connectivity index (χ0) is 19.4. The van der Waals surface area contributed by atoms with E-state index in [4.69, 9.17) is 14.5 Å². The summed E-state index contributed by atoms with van der Waals surface area (Å²) in [4.78, 5) is 6.71. The predicted octanol–water partition coefficient (Wildman–Crippen LogP) is 2.30. The van der Waals surface area contributed by atoms with Crippen molar-refractivity contribution in [2.45, 2.75) is 32.1 Å². The third-order valence-electron chi connectivity index (χ3n) is 4.54. The quantitative estimate of drug-likeness (QED) is 0.372.